The molecule has 0 saturated carbocycles. The molecule has 0 fully saturated rings. The molecule has 0 bridgehead atoms. The monoisotopic (exact) mass is 491 g/mol. The first kappa shape index (κ1) is 25.4. The van der Waals surface area contributed by atoms with Gasteiger partial charge in [-0.05, 0) is 46.0 Å². The fourth-order valence-electron chi connectivity index (χ4n) is 3.41. The third kappa shape index (κ3) is 6.22. The van der Waals surface area contributed by atoms with Gasteiger partial charge in [0.05, 0.1) is 30.2 Å². The highest BCUT2D eigenvalue weighted by Crippen LogP contribution is 2.37. The Bertz CT molecular complexity index is 1280. The summed E-state index contributed by atoms with van der Waals surface area (Å²) in [4.78, 5) is 26.2. The molecule has 0 spiro atoms. The van der Waals surface area contributed by atoms with Crippen molar-refractivity contribution in [3.8, 4) is 22.8 Å². The van der Waals surface area contributed by atoms with Crippen LogP contribution in [0.2, 0.25) is 0 Å². The number of aryl methyl sites for hydroxylation is 1. The Hall–Kier alpha value is -3.22. The van der Waals surface area contributed by atoms with Gasteiger partial charge in [-0.2, -0.15) is 8.42 Å². The van der Waals surface area contributed by atoms with Crippen molar-refractivity contribution in [1.29, 1.82) is 0 Å². The second-order valence-electron chi connectivity index (χ2n) is 8.28. The van der Waals surface area contributed by atoms with Crippen LogP contribution in [-0.4, -0.2) is 78.3 Å². The summed E-state index contributed by atoms with van der Waals surface area (Å²) < 4.78 is 37.5. The zero-order chi connectivity index (χ0) is 25.0. The number of H-pyrrole nitrogens is 1. The van der Waals surface area contributed by atoms with E-state index in [0.717, 1.165) is 29.5 Å². The number of benzene rings is 1. The van der Waals surface area contributed by atoms with E-state index in [1.807, 2.05) is 32.0 Å². The number of carbonyl (C=O) groups is 1. The van der Waals surface area contributed by atoms with E-state index >= 15 is 0 Å². The quantitative estimate of drug-likeness (QED) is 0.437. The minimum atomic E-state index is -3.67. The molecule has 2 aromatic heterocycles. The molecule has 11 nitrogen and oxygen atoms in total. The largest absolute Gasteiger partial charge is 0.491 e. The van der Waals surface area contributed by atoms with Crippen LogP contribution in [0.4, 0.5) is 0 Å². The van der Waals surface area contributed by atoms with Gasteiger partial charge in [-0.25, -0.2) is 9.97 Å². The van der Waals surface area contributed by atoms with E-state index in [9.17, 15) is 13.2 Å². The maximum atomic E-state index is 12.2. The topological polar surface area (TPSA) is 161 Å². The van der Waals surface area contributed by atoms with Gasteiger partial charge in [0.1, 0.15) is 17.9 Å². The number of aromatic amines is 1. The molecule has 3 heterocycles. The maximum Gasteiger partial charge on any atom is 0.261 e. The number of aromatic nitrogens is 3. The fourth-order valence-corrected chi connectivity index (χ4v) is 3.41. The summed E-state index contributed by atoms with van der Waals surface area (Å²) in [7, 11) is 0.292. The van der Waals surface area contributed by atoms with Crippen molar-refractivity contribution in [2.45, 2.75) is 25.8 Å². The number of pyridine rings is 1. The van der Waals surface area contributed by atoms with Gasteiger partial charge in [-0.15, -0.1) is 0 Å². The molecule has 34 heavy (non-hydrogen) atoms. The number of primary amides is 1. The number of fused-ring (bicyclic) bond motifs is 2. The van der Waals surface area contributed by atoms with E-state index in [-0.39, 0.29) is 6.04 Å². The number of ether oxygens (including phenoxy) is 2. The third-order valence-electron chi connectivity index (χ3n) is 5.34. The van der Waals surface area contributed by atoms with Gasteiger partial charge < -0.3 is 25.1 Å². The van der Waals surface area contributed by atoms with E-state index in [4.69, 9.17) is 19.8 Å². The van der Waals surface area contributed by atoms with Crippen LogP contribution < -0.4 is 15.2 Å². The Morgan fingerprint density at radius 2 is 2.06 bits per heavy atom. The molecule has 4 N–H and O–H groups in total. The van der Waals surface area contributed by atoms with Crippen LogP contribution in [0.15, 0.2) is 24.7 Å². The number of likely N-dealkylation sites (N-methyl/N-ethyl adjacent to an activating group) is 1. The van der Waals surface area contributed by atoms with E-state index in [1.54, 1.807) is 12.5 Å². The lowest BCUT2D eigenvalue weighted by molar-refractivity contribution is 0.0996. The van der Waals surface area contributed by atoms with Crippen molar-refractivity contribution >= 4 is 27.1 Å². The number of rotatable bonds is 6. The van der Waals surface area contributed by atoms with Crippen LogP contribution in [-0.2, 0) is 16.5 Å². The standard InChI is InChI=1S/C21H25N5O3.CH4O3S/c1-12(26(2)3)10-29-16-8-15(18-19(25-11-24-18)17(16)20(22)27)14-7-13-5-4-6-28-21(13)23-9-14;1-5(2,3)4/h7-9,11-12H,4-6,10H2,1-3H3,(H2,22,27)(H,24,25);1H3,(H,2,3,4)/t12-;/m1./s1. The Balaban J connectivity index is 0.000000588. The number of hydrogen-bond acceptors (Lipinski definition) is 8. The van der Waals surface area contributed by atoms with Gasteiger partial charge in [-0.3, -0.25) is 9.35 Å². The maximum absolute atomic E-state index is 12.2. The minimum Gasteiger partial charge on any atom is -0.491 e. The van der Waals surface area contributed by atoms with Gasteiger partial charge in [0.15, 0.2) is 0 Å². The molecular weight excluding hydrogens is 462 g/mol. The smallest absolute Gasteiger partial charge is 0.261 e. The van der Waals surface area contributed by atoms with Crippen LogP contribution in [0.1, 0.15) is 29.3 Å². The van der Waals surface area contributed by atoms with E-state index < -0.39 is 16.0 Å². The molecular formula is C22H29N5O6S. The van der Waals surface area contributed by atoms with Crippen molar-refractivity contribution in [3.05, 3.63) is 35.8 Å². The first-order chi connectivity index (χ1) is 16.0. The number of nitrogens with zero attached hydrogens (tertiary/aromatic N) is 3. The number of amides is 1. The summed E-state index contributed by atoms with van der Waals surface area (Å²) in [6.07, 6.45) is 5.93. The van der Waals surface area contributed by atoms with E-state index in [1.165, 1.54) is 0 Å². The van der Waals surface area contributed by atoms with Crippen LogP contribution in [0.5, 0.6) is 11.6 Å². The highest BCUT2D eigenvalue weighted by molar-refractivity contribution is 7.85. The minimum absolute atomic E-state index is 0.166. The first-order valence-electron chi connectivity index (χ1n) is 10.6. The zero-order valence-electron chi connectivity index (χ0n) is 19.5. The molecule has 1 aliphatic rings. The van der Waals surface area contributed by atoms with Crippen molar-refractivity contribution in [1.82, 2.24) is 19.9 Å². The lowest BCUT2D eigenvalue weighted by Gasteiger charge is -2.21. The second kappa shape index (κ2) is 10.4. The zero-order valence-corrected chi connectivity index (χ0v) is 20.3. The highest BCUT2D eigenvalue weighted by Gasteiger charge is 2.22. The molecule has 0 unspecified atom stereocenters. The number of carbonyl (C=O) groups excluding carboxylic acids is 1. The van der Waals surface area contributed by atoms with Crippen LogP contribution in [0.25, 0.3) is 22.2 Å². The number of nitrogens with one attached hydrogen (secondary N) is 1. The summed E-state index contributed by atoms with van der Waals surface area (Å²) in [6.45, 7) is 3.16. The third-order valence-corrected chi connectivity index (χ3v) is 5.34. The Morgan fingerprint density at radius 3 is 2.71 bits per heavy atom. The van der Waals surface area contributed by atoms with Crippen LogP contribution in [0.3, 0.4) is 0 Å². The number of hydrogen-bond donors (Lipinski definition) is 3. The van der Waals surface area contributed by atoms with Crippen molar-refractivity contribution < 1.29 is 27.2 Å². The average Bonchev–Trinajstić information content (AvgIpc) is 3.24. The normalized spacial score (nSPS) is 14.1. The summed E-state index contributed by atoms with van der Waals surface area (Å²) >= 11 is 0. The Labute approximate surface area is 198 Å². The predicted molar refractivity (Wildman–Crippen MR) is 128 cm³/mol. The molecule has 1 aliphatic heterocycles. The summed E-state index contributed by atoms with van der Waals surface area (Å²) in [5.41, 5.74) is 10.0. The molecule has 4 rings (SSSR count). The van der Waals surface area contributed by atoms with E-state index in [0.29, 0.717) is 47.7 Å². The predicted octanol–water partition coefficient (Wildman–Crippen LogP) is 1.88. The van der Waals surface area contributed by atoms with Crippen LogP contribution in [0, 0.1) is 0 Å². The summed E-state index contributed by atoms with van der Waals surface area (Å²) in [5, 5.41) is 0. The van der Waals surface area contributed by atoms with E-state index in [2.05, 4.69) is 21.0 Å². The molecule has 1 aromatic carbocycles. The first-order valence-corrected chi connectivity index (χ1v) is 12.4. The van der Waals surface area contributed by atoms with Crippen molar-refractivity contribution in [3.63, 3.8) is 0 Å². The number of nitrogens with two attached hydrogens (primary N) is 1. The van der Waals surface area contributed by atoms with Crippen molar-refractivity contribution in [2.24, 2.45) is 5.73 Å². The Morgan fingerprint density at radius 1 is 1.35 bits per heavy atom. The van der Waals surface area contributed by atoms with Gasteiger partial charge in [0.2, 0.25) is 5.88 Å². The van der Waals surface area contributed by atoms with Gasteiger partial charge in [0, 0.05) is 28.9 Å². The summed E-state index contributed by atoms with van der Waals surface area (Å²) in [5.74, 6) is 0.561. The molecule has 3 aromatic rings. The molecule has 184 valence electrons. The fraction of sp³-hybridized carbons (Fsp3) is 0.409. The number of imidazole rings is 1. The molecule has 0 aliphatic carbocycles. The molecule has 0 saturated heterocycles. The van der Waals surface area contributed by atoms with Gasteiger partial charge in [-0.1, -0.05) is 0 Å². The lowest BCUT2D eigenvalue weighted by atomic mass is 9.99. The highest BCUT2D eigenvalue weighted by atomic mass is 32.2. The molecule has 1 atom stereocenters. The average molecular weight is 492 g/mol. The Kier molecular flexibility index (Phi) is 7.75. The summed E-state index contributed by atoms with van der Waals surface area (Å²) in [6, 6.07) is 4.07. The van der Waals surface area contributed by atoms with Gasteiger partial charge in [0.25, 0.3) is 16.0 Å². The van der Waals surface area contributed by atoms with Gasteiger partial charge >= 0.3 is 0 Å². The SMILES string of the molecule is CS(=O)(=O)O.C[C@H](COc1cc(-c2cnc3c(c2)CCCO3)c2nc[nH]c2c1C(N)=O)N(C)C. The second-order valence-corrected chi connectivity index (χ2v) is 9.75. The molecule has 1 amide bonds. The lowest BCUT2D eigenvalue weighted by Crippen LogP contribution is -2.31. The molecule has 12 heteroatoms. The van der Waals surface area contributed by atoms with Crippen LogP contribution >= 0.6 is 0 Å². The van der Waals surface area contributed by atoms with Crippen molar-refractivity contribution in [2.75, 3.05) is 33.6 Å². The molecule has 0 radical (unpaired) electrons.